The lowest BCUT2D eigenvalue weighted by molar-refractivity contribution is -0.117. The van der Waals surface area contributed by atoms with Gasteiger partial charge in [0.2, 0.25) is 11.9 Å². The van der Waals surface area contributed by atoms with E-state index < -0.39 is 5.82 Å². The van der Waals surface area contributed by atoms with Crippen molar-refractivity contribution < 1.29 is 14.0 Å². The van der Waals surface area contributed by atoms with Gasteiger partial charge in [-0.3, -0.25) is 19.5 Å². The molecule has 0 atom stereocenters. The van der Waals surface area contributed by atoms with Crippen LogP contribution in [0.2, 0.25) is 5.02 Å². The molecule has 8 heteroatoms. The van der Waals surface area contributed by atoms with Crippen LogP contribution in [0.1, 0.15) is 23.2 Å². The molecule has 0 radical (unpaired) electrons. The van der Waals surface area contributed by atoms with Gasteiger partial charge < -0.3 is 4.90 Å². The predicted octanol–water partition coefficient (Wildman–Crippen LogP) is 5.58. The van der Waals surface area contributed by atoms with Crippen LogP contribution in [0.15, 0.2) is 85.1 Å². The molecule has 0 unspecified atom stereocenters. The number of hydrogen-bond acceptors (Lipinski definition) is 3. The van der Waals surface area contributed by atoms with E-state index in [1.54, 1.807) is 46.0 Å². The van der Waals surface area contributed by atoms with Crippen LogP contribution in [0.25, 0.3) is 16.9 Å². The molecule has 1 aliphatic rings. The van der Waals surface area contributed by atoms with Crippen molar-refractivity contribution in [3.63, 3.8) is 0 Å². The van der Waals surface area contributed by atoms with Crippen molar-refractivity contribution in [3.05, 3.63) is 101 Å². The van der Waals surface area contributed by atoms with E-state index in [2.05, 4.69) is 10.3 Å². The van der Waals surface area contributed by atoms with Crippen molar-refractivity contribution in [3.8, 4) is 16.9 Å². The Morgan fingerprint density at radius 1 is 1.03 bits per heavy atom. The molecule has 3 aromatic carbocycles. The zero-order valence-electron chi connectivity index (χ0n) is 18.7. The molecule has 6 nitrogen and oxygen atoms in total. The van der Waals surface area contributed by atoms with Crippen LogP contribution in [0.3, 0.4) is 0 Å². The third-order valence-corrected chi connectivity index (χ3v) is 6.08. The number of amides is 2. The Hall–Kier alpha value is -3.97. The maximum atomic E-state index is 13.8. The van der Waals surface area contributed by atoms with E-state index >= 15 is 0 Å². The molecule has 1 aliphatic carbocycles. The standard InChI is InChI=1S/C27H22ClFN4O2/c28-22-15-21(13-14-23(22)29)33-16-24(18-7-3-1-4-8-18)30-27(33)31-25(34)17-32(20-11-12-20)26(35)19-9-5-2-6-10-19/h1-10,13-16,20H,11-12,17H2,(H,30,31,34). The van der Waals surface area contributed by atoms with Gasteiger partial charge in [-0.1, -0.05) is 60.1 Å². The van der Waals surface area contributed by atoms with Gasteiger partial charge in [-0.2, -0.15) is 0 Å². The second-order valence-electron chi connectivity index (χ2n) is 8.36. The molecule has 176 valence electrons. The van der Waals surface area contributed by atoms with Crippen molar-refractivity contribution in [2.75, 3.05) is 11.9 Å². The Kier molecular flexibility index (Phi) is 6.33. The highest BCUT2D eigenvalue weighted by atomic mass is 35.5. The lowest BCUT2D eigenvalue weighted by Crippen LogP contribution is -2.39. The number of nitrogens with zero attached hydrogens (tertiary/aromatic N) is 3. The lowest BCUT2D eigenvalue weighted by Gasteiger charge is -2.22. The van der Waals surface area contributed by atoms with E-state index in [9.17, 15) is 14.0 Å². The minimum atomic E-state index is -0.538. The van der Waals surface area contributed by atoms with Gasteiger partial charge >= 0.3 is 0 Å². The van der Waals surface area contributed by atoms with E-state index in [1.165, 1.54) is 12.1 Å². The lowest BCUT2D eigenvalue weighted by atomic mass is 10.2. The van der Waals surface area contributed by atoms with Crippen LogP contribution in [-0.4, -0.2) is 38.9 Å². The Morgan fingerprint density at radius 3 is 2.37 bits per heavy atom. The zero-order valence-corrected chi connectivity index (χ0v) is 19.5. The molecule has 1 heterocycles. The number of imidazole rings is 1. The summed E-state index contributed by atoms with van der Waals surface area (Å²) in [6.45, 7) is -0.101. The Balaban J connectivity index is 1.43. The normalized spacial score (nSPS) is 12.9. The Bertz CT molecular complexity index is 1370. The molecule has 35 heavy (non-hydrogen) atoms. The number of aromatic nitrogens is 2. The number of nitrogens with one attached hydrogen (secondary N) is 1. The number of halogens is 2. The van der Waals surface area contributed by atoms with Gasteiger partial charge in [0.05, 0.1) is 16.4 Å². The van der Waals surface area contributed by atoms with Crippen LogP contribution in [0.4, 0.5) is 10.3 Å². The smallest absolute Gasteiger partial charge is 0.254 e. The van der Waals surface area contributed by atoms with Gasteiger partial charge in [-0.25, -0.2) is 9.37 Å². The molecule has 0 bridgehead atoms. The Labute approximate surface area is 207 Å². The first-order chi connectivity index (χ1) is 17.0. The predicted molar refractivity (Wildman–Crippen MR) is 133 cm³/mol. The van der Waals surface area contributed by atoms with Gasteiger partial charge in [-0.15, -0.1) is 0 Å². The quantitative estimate of drug-likeness (QED) is 0.369. The molecular formula is C27H22ClFN4O2. The maximum absolute atomic E-state index is 13.8. The van der Waals surface area contributed by atoms with Gasteiger partial charge in [-0.05, 0) is 43.2 Å². The number of carbonyl (C=O) groups excluding carboxylic acids is 2. The summed E-state index contributed by atoms with van der Waals surface area (Å²) in [6.07, 6.45) is 3.49. The zero-order chi connectivity index (χ0) is 24.4. The molecule has 1 N–H and O–H groups in total. The molecule has 1 aromatic heterocycles. The fourth-order valence-electron chi connectivity index (χ4n) is 3.87. The van der Waals surface area contributed by atoms with Crippen LogP contribution in [0, 0.1) is 5.82 Å². The summed E-state index contributed by atoms with van der Waals surface area (Å²) in [5.74, 6) is -0.842. The van der Waals surface area contributed by atoms with Crippen LogP contribution in [-0.2, 0) is 4.79 Å². The first kappa shape index (κ1) is 22.8. The van der Waals surface area contributed by atoms with Crippen molar-refractivity contribution in [2.45, 2.75) is 18.9 Å². The third-order valence-electron chi connectivity index (χ3n) is 5.79. The summed E-state index contributed by atoms with van der Waals surface area (Å²) in [5, 5.41) is 2.80. The molecule has 0 saturated heterocycles. The largest absolute Gasteiger partial charge is 0.326 e. The molecule has 1 fully saturated rings. The van der Waals surface area contributed by atoms with Gasteiger partial charge in [0, 0.05) is 23.4 Å². The second-order valence-corrected chi connectivity index (χ2v) is 8.77. The number of hydrogen-bond donors (Lipinski definition) is 1. The summed E-state index contributed by atoms with van der Waals surface area (Å²) >= 11 is 6.01. The number of rotatable bonds is 7. The SMILES string of the molecule is O=C(CN(C(=O)c1ccccc1)C1CC1)Nc1nc(-c2ccccc2)cn1-c1ccc(F)c(Cl)c1. The monoisotopic (exact) mass is 488 g/mol. The van der Waals surface area contributed by atoms with E-state index in [-0.39, 0.29) is 35.4 Å². The molecule has 0 spiro atoms. The highest BCUT2D eigenvalue weighted by Crippen LogP contribution is 2.29. The van der Waals surface area contributed by atoms with Crippen LogP contribution in [0.5, 0.6) is 0 Å². The van der Waals surface area contributed by atoms with E-state index in [4.69, 9.17) is 11.6 Å². The van der Waals surface area contributed by atoms with Crippen LogP contribution < -0.4 is 5.32 Å². The van der Waals surface area contributed by atoms with E-state index in [0.717, 1.165) is 18.4 Å². The summed E-state index contributed by atoms with van der Waals surface area (Å²) in [7, 11) is 0. The van der Waals surface area contributed by atoms with E-state index in [0.29, 0.717) is 16.9 Å². The first-order valence-electron chi connectivity index (χ1n) is 11.3. The molecule has 0 aliphatic heterocycles. The van der Waals surface area contributed by atoms with Gasteiger partial charge in [0.1, 0.15) is 12.4 Å². The first-order valence-corrected chi connectivity index (χ1v) is 11.6. The van der Waals surface area contributed by atoms with Gasteiger partial charge in [0.25, 0.3) is 5.91 Å². The van der Waals surface area contributed by atoms with E-state index in [1.807, 2.05) is 36.4 Å². The summed E-state index contributed by atoms with van der Waals surface area (Å²) < 4.78 is 15.4. The van der Waals surface area contributed by atoms with Crippen molar-refractivity contribution >= 4 is 29.4 Å². The minimum Gasteiger partial charge on any atom is -0.326 e. The highest BCUT2D eigenvalue weighted by molar-refractivity contribution is 6.30. The summed E-state index contributed by atoms with van der Waals surface area (Å²) in [5.41, 5.74) is 2.57. The fourth-order valence-corrected chi connectivity index (χ4v) is 4.04. The third kappa shape index (κ3) is 5.10. The molecule has 5 rings (SSSR count). The van der Waals surface area contributed by atoms with Crippen molar-refractivity contribution in [1.82, 2.24) is 14.5 Å². The maximum Gasteiger partial charge on any atom is 0.254 e. The number of carbonyl (C=O) groups is 2. The second kappa shape index (κ2) is 9.72. The van der Waals surface area contributed by atoms with Crippen molar-refractivity contribution in [1.29, 1.82) is 0 Å². The fraction of sp³-hybridized carbons (Fsp3) is 0.148. The minimum absolute atomic E-state index is 0.0388. The average Bonchev–Trinajstić information content (AvgIpc) is 3.64. The Morgan fingerprint density at radius 2 is 1.71 bits per heavy atom. The van der Waals surface area contributed by atoms with Crippen molar-refractivity contribution in [2.24, 2.45) is 0 Å². The molecule has 4 aromatic rings. The average molecular weight is 489 g/mol. The molecule has 1 saturated carbocycles. The number of benzene rings is 3. The summed E-state index contributed by atoms with van der Waals surface area (Å²) in [6, 6.07) is 22.8. The van der Waals surface area contributed by atoms with Gasteiger partial charge in [0.15, 0.2) is 0 Å². The highest BCUT2D eigenvalue weighted by Gasteiger charge is 2.34. The number of anilines is 1. The topological polar surface area (TPSA) is 67.2 Å². The molecule has 2 amide bonds. The summed E-state index contributed by atoms with van der Waals surface area (Å²) in [4.78, 5) is 32.3. The van der Waals surface area contributed by atoms with Crippen LogP contribution >= 0.6 is 11.6 Å². The molecular weight excluding hydrogens is 467 g/mol.